The SMILES string of the molecule is O=C(Nc1cccc(Cl)c1)c1cc(C(=O)Nc2cccc(Cl)c2)cc([N+](=O)[O-])c1. The number of anilines is 2. The fourth-order valence-electron chi connectivity index (χ4n) is 2.52. The molecule has 0 saturated carbocycles. The van der Waals surface area contributed by atoms with Gasteiger partial charge in [-0.2, -0.15) is 0 Å². The number of benzene rings is 3. The number of halogens is 2. The Labute approximate surface area is 175 Å². The molecule has 2 amide bonds. The van der Waals surface area contributed by atoms with E-state index in [2.05, 4.69) is 10.6 Å². The number of nitrogens with one attached hydrogen (secondary N) is 2. The third kappa shape index (κ3) is 5.31. The summed E-state index contributed by atoms with van der Waals surface area (Å²) in [5.41, 5.74) is 0.351. The maximum atomic E-state index is 12.6. The maximum Gasteiger partial charge on any atom is 0.271 e. The minimum Gasteiger partial charge on any atom is -0.322 e. The third-order valence-electron chi connectivity index (χ3n) is 3.82. The lowest BCUT2D eigenvalue weighted by Crippen LogP contribution is -2.16. The molecule has 0 aliphatic heterocycles. The van der Waals surface area contributed by atoms with Gasteiger partial charge in [-0.05, 0) is 42.5 Å². The van der Waals surface area contributed by atoms with Gasteiger partial charge < -0.3 is 10.6 Å². The van der Waals surface area contributed by atoms with Crippen LogP contribution in [0.3, 0.4) is 0 Å². The topological polar surface area (TPSA) is 101 Å². The zero-order valence-electron chi connectivity index (χ0n) is 14.7. The average Bonchev–Trinajstić information content (AvgIpc) is 2.67. The molecular weight excluding hydrogens is 417 g/mol. The summed E-state index contributed by atoms with van der Waals surface area (Å²) in [6.45, 7) is 0. The molecule has 0 unspecified atom stereocenters. The smallest absolute Gasteiger partial charge is 0.271 e. The minimum atomic E-state index is -0.674. The monoisotopic (exact) mass is 429 g/mol. The Balaban J connectivity index is 1.90. The van der Waals surface area contributed by atoms with E-state index in [0.717, 1.165) is 12.1 Å². The molecule has 7 nitrogen and oxygen atoms in total. The molecule has 0 aromatic heterocycles. The maximum absolute atomic E-state index is 12.6. The van der Waals surface area contributed by atoms with Gasteiger partial charge in [0.15, 0.2) is 0 Å². The van der Waals surface area contributed by atoms with E-state index in [1.807, 2.05) is 0 Å². The van der Waals surface area contributed by atoms with Crippen LogP contribution in [0.1, 0.15) is 20.7 Å². The number of non-ortho nitro benzene ring substituents is 1. The summed E-state index contributed by atoms with van der Waals surface area (Å²) in [7, 11) is 0. The first-order valence-electron chi connectivity index (χ1n) is 8.25. The van der Waals surface area contributed by atoms with Crippen molar-refractivity contribution in [2.75, 3.05) is 10.6 Å². The number of nitro groups is 1. The highest BCUT2D eigenvalue weighted by atomic mass is 35.5. The molecule has 0 saturated heterocycles. The van der Waals surface area contributed by atoms with E-state index >= 15 is 0 Å². The molecule has 0 fully saturated rings. The van der Waals surface area contributed by atoms with Crippen LogP contribution in [0.25, 0.3) is 0 Å². The Hall–Kier alpha value is -3.42. The molecule has 0 aliphatic carbocycles. The summed E-state index contributed by atoms with van der Waals surface area (Å²) >= 11 is 11.8. The van der Waals surface area contributed by atoms with Crippen molar-refractivity contribution < 1.29 is 14.5 Å². The second-order valence-corrected chi connectivity index (χ2v) is 6.83. The van der Waals surface area contributed by atoms with E-state index in [4.69, 9.17) is 23.2 Å². The van der Waals surface area contributed by atoms with Crippen LogP contribution >= 0.6 is 23.2 Å². The van der Waals surface area contributed by atoms with Crippen LogP contribution < -0.4 is 10.6 Å². The fraction of sp³-hybridized carbons (Fsp3) is 0. The molecule has 3 aromatic carbocycles. The standard InChI is InChI=1S/C20H13Cl2N3O4/c21-14-3-1-5-16(10-14)23-19(26)12-7-13(9-18(8-12)25(28)29)20(27)24-17-6-2-4-15(22)11-17/h1-11H,(H,23,26)(H,24,27). The lowest BCUT2D eigenvalue weighted by atomic mass is 10.1. The lowest BCUT2D eigenvalue weighted by molar-refractivity contribution is -0.384. The van der Waals surface area contributed by atoms with Crippen molar-refractivity contribution in [1.82, 2.24) is 0 Å². The highest BCUT2D eigenvalue weighted by molar-refractivity contribution is 6.31. The van der Waals surface area contributed by atoms with Crippen LogP contribution in [0, 0.1) is 10.1 Å². The highest BCUT2D eigenvalue weighted by Crippen LogP contribution is 2.22. The predicted octanol–water partition coefficient (Wildman–Crippen LogP) is 5.41. The first kappa shape index (κ1) is 20.3. The van der Waals surface area contributed by atoms with Crippen molar-refractivity contribution in [1.29, 1.82) is 0 Å². The van der Waals surface area contributed by atoms with Crippen LogP contribution in [0.4, 0.5) is 17.1 Å². The Morgan fingerprint density at radius 2 is 1.21 bits per heavy atom. The van der Waals surface area contributed by atoms with Gasteiger partial charge in [0.2, 0.25) is 0 Å². The summed E-state index contributed by atoms with van der Waals surface area (Å²) in [5.74, 6) is -1.24. The van der Waals surface area contributed by atoms with Crippen molar-refractivity contribution in [2.45, 2.75) is 0 Å². The Morgan fingerprint density at radius 1 is 0.759 bits per heavy atom. The summed E-state index contributed by atoms with van der Waals surface area (Å²) in [6, 6.07) is 16.3. The zero-order valence-corrected chi connectivity index (χ0v) is 16.2. The Morgan fingerprint density at radius 3 is 1.59 bits per heavy atom. The molecule has 0 heterocycles. The van der Waals surface area contributed by atoms with Gasteiger partial charge in [-0.1, -0.05) is 35.3 Å². The molecule has 9 heteroatoms. The molecule has 3 rings (SSSR count). The fourth-order valence-corrected chi connectivity index (χ4v) is 2.90. The van der Waals surface area contributed by atoms with Crippen LogP contribution in [0.15, 0.2) is 66.7 Å². The summed E-state index contributed by atoms with van der Waals surface area (Å²) < 4.78 is 0. The minimum absolute atomic E-state index is 0.0459. The first-order valence-corrected chi connectivity index (χ1v) is 9.01. The largest absolute Gasteiger partial charge is 0.322 e. The number of hydrogen-bond acceptors (Lipinski definition) is 4. The van der Waals surface area contributed by atoms with E-state index in [-0.39, 0.29) is 16.8 Å². The third-order valence-corrected chi connectivity index (χ3v) is 4.29. The van der Waals surface area contributed by atoms with Crippen molar-refractivity contribution in [2.24, 2.45) is 0 Å². The number of carbonyl (C=O) groups is 2. The lowest BCUT2D eigenvalue weighted by Gasteiger charge is -2.09. The molecule has 2 N–H and O–H groups in total. The first-order chi connectivity index (χ1) is 13.8. The number of rotatable bonds is 5. The molecule has 0 aliphatic rings. The summed E-state index contributed by atoms with van der Waals surface area (Å²) in [4.78, 5) is 35.7. The van der Waals surface area contributed by atoms with Gasteiger partial charge in [0, 0.05) is 44.7 Å². The van der Waals surface area contributed by atoms with Crippen molar-refractivity contribution in [3.63, 3.8) is 0 Å². The number of carbonyl (C=O) groups excluding carboxylic acids is 2. The summed E-state index contributed by atoms with van der Waals surface area (Å²) in [5, 5.41) is 17.3. The summed E-state index contributed by atoms with van der Waals surface area (Å²) in [6.07, 6.45) is 0. The van der Waals surface area contributed by atoms with Crippen LogP contribution in [0.5, 0.6) is 0 Å². The number of hydrogen-bond donors (Lipinski definition) is 2. The van der Waals surface area contributed by atoms with E-state index in [1.54, 1.807) is 36.4 Å². The molecular formula is C20H13Cl2N3O4. The second kappa shape index (κ2) is 8.72. The second-order valence-electron chi connectivity index (χ2n) is 5.95. The van der Waals surface area contributed by atoms with Gasteiger partial charge in [-0.3, -0.25) is 19.7 Å². The van der Waals surface area contributed by atoms with E-state index in [1.165, 1.54) is 18.2 Å². The van der Waals surface area contributed by atoms with E-state index < -0.39 is 16.7 Å². The van der Waals surface area contributed by atoms with Gasteiger partial charge in [-0.25, -0.2) is 0 Å². The molecule has 0 radical (unpaired) electrons. The van der Waals surface area contributed by atoms with Crippen LogP contribution in [0.2, 0.25) is 10.0 Å². The van der Waals surface area contributed by atoms with E-state index in [0.29, 0.717) is 21.4 Å². The molecule has 0 atom stereocenters. The number of amides is 2. The van der Waals surface area contributed by atoms with Crippen molar-refractivity contribution in [3.05, 3.63) is 98.0 Å². The van der Waals surface area contributed by atoms with Gasteiger partial charge >= 0.3 is 0 Å². The quantitative estimate of drug-likeness (QED) is 0.418. The molecule has 29 heavy (non-hydrogen) atoms. The van der Waals surface area contributed by atoms with Crippen LogP contribution in [-0.4, -0.2) is 16.7 Å². The van der Waals surface area contributed by atoms with Gasteiger partial charge in [0.1, 0.15) is 0 Å². The zero-order chi connectivity index (χ0) is 21.0. The number of nitro benzene ring substituents is 1. The Bertz CT molecular complexity index is 1040. The number of nitrogens with zero attached hydrogens (tertiary/aromatic N) is 1. The van der Waals surface area contributed by atoms with Gasteiger partial charge in [0.05, 0.1) is 4.92 Å². The highest BCUT2D eigenvalue weighted by Gasteiger charge is 2.18. The van der Waals surface area contributed by atoms with Crippen molar-refractivity contribution >= 4 is 52.1 Å². The molecule has 146 valence electrons. The van der Waals surface area contributed by atoms with Gasteiger partial charge in [0.25, 0.3) is 17.5 Å². The Kier molecular flexibility index (Phi) is 6.11. The van der Waals surface area contributed by atoms with E-state index in [9.17, 15) is 19.7 Å². The predicted molar refractivity (Wildman–Crippen MR) is 112 cm³/mol. The van der Waals surface area contributed by atoms with Gasteiger partial charge in [-0.15, -0.1) is 0 Å². The van der Waals surface area contributed by atoms with Crippen molar-refractivity contribution in [3.8, 4) is 0 Å². The van der Waals surface area contributed by atoms with Crippen LogP contribution in [-0.2, 0) is 0 Å². The molecule has 0 bridgehead atoms. The molecule has 0 spiro atoms. The molecule has 3 aromatic rings. The normalized spacial score (nSPS) is 10.3. The average molecular weight is 430 g/mol.